The minimum atomic E-state index is 0.165. The monoisotopic (exact) mass is 226 g/mol. The van der Waals surface area contributed by atoms with Gasteiger partial charge in [0.25, 0.3) is 0 Å². The third-order valence-electron chi connectivity index (χ3n) is 3.66. The molecule has 3 unspecified atom stereocenters. The van der Waals surface area contributed by atoms with Crippen molar-refractivity contribution in [2.24, 2.45) is 17.6 Å². The summed E-state index contributed by atoms with van der Waals surface area (Å²) in [5.41, 5.74) is 5.74. The number of nitrogens with two attached hydrogens (primary N) is 1. The highest BCUT2D eigenvalue weighted by Crippen LogP contribution is 2.29. The van der Waals surface area contributed by atoms with Gasteiger partial charge in [0, 0.05) is 12.0 Å². The smallest absolute Gasteiger partial charge is 0.223 e. The van der Waals surface area contributed by atoms with Crippen molar-refractivity contribution < 1.29 is 4.79 Å². The van der Waals surface area contributed by atoms with Gasteiger partial charge in [-0.3, -0.25) is 4.79 Å². The van der Waals surface area contributed by atoms with Crippen LogP contribution in [-0.2, 0) is 4.79 Å². The molecule has 3 nitrogen and oxygen atoms in total. The Morgan fingerprint density at radius 3 is 2.75 bits per heavy atom. The molecule has 0 aromatic rings. The Labute approximate surface area is 99.2 Å². The summed E-state index contributed by atoms with van der Waals surface area (Å²) in [6.07, 6.45) is 6.73. The third kappa shape index (κ3) is 3.78. The number of nitrogens with one attached hydrogen (secondary N) is 1. The van der Waals surface area contributed by atoms with E-state index in [2.05, 4.69) is 19.2 Å². The molecule has 1 rings (SSSR count). The molecule has 1 aliphatic carbocycles. The van der Waals surface area contributed by atoms with Crippen LogP contribution in [0.2, 0.25) is 0 Å². The zero-order valence-electron chi connectivity index (χ0n) is 10.7. The summed E-state index contributed by atoms with van der Waals surface area (Å²) in [7, 11) is 0. The van der Waals surface area contributed by atoms with Gasteiger partial charge in [0.15, 0.2) is 0 Å². The zero-order valence-corrected chi connectivity index (χ0v) is 10.7. The van der Waals surface area contributed by atoms with E-state index in [9.17, 15) is 4.79 Å². The van der Waals surface area contributed by atoms with Crippen LogP contribution in [-0.4, -0.2) is 18.5 Å². The van der Waals surface area contributed by atoms with Gasteiger partial charge >= 0.3 is 0 Å². The maximum absolute atomic E-state index is 12.1. The molecular weight excluding hydrogens is 200 g/mol. The molecule has 1 saturated carbocycles. The normalized spacial score (nSPS) is 27.4. The van der Waals surface area contributed by atoms with E-state index in [0.717, 1.165) is 25.7 Å². The quantitative estimate of drug-likeness (QED) is 0.754. The first-order chi connectivity index (χ1) is 7.69. The highest BCUT2D eigenvalue weighted by molar-refractivity contribution is 5.79. The van der Waals surface area contributed by atoms with Crippen molar-refractivity contribution in [2.75, 3.05) is 6.54 Å². The lowest BCUT2D eigenvalue weighted by molar-refractivity contribution is -0.128. The van der Waals surface area contributed by atoms with Crippen molar-refractivity contribution in [2.45, 2.75) is 58.4 Å². The fraction of sp³-hybridized carbons (Fsp3) is 0.923. The van der Waals surface area contributed by atoms with E-state index in [1.54, 1.807) is 0 Å². The van der Waals surface area contributed by atoms with E-state index < -0.39 is 0 Å². The van der Waals surface area contributed by atoms with Gasteiger partial charge in [-0.05, 0) is 38.6 Å². The summed E-state index contributed by atoms with van der Waals surface area (Å²) in [5, 5.41) is 3.12. The van der Waals surface area contributed by atoms with E-state index in [-0.39, 0.29) is 11.8 Å². The van der Waals surface area contributed by atoms with Crippen LogP contribution < -0.4 is 11.1 Å². The van der Waals surface area contributed by atoms with E-state index in [0.29, 0.717) is 18.5 Å². The predicted octanol–water partition coefficient (Wildman–Crippen LogP) is 2.06. The zero-order chi connectivity index (χ0) is 12.0. The van der Waals surface area contributed by atoms with Gasteiger partial charge < -0.3 is 11.1 Å². The number of carbonyl (C=O) groups excluding carboxylic acids is 1. The van der Waals surface area contributed by atoms with Crippen molar-refractivity contribution in [3.63, 3.8) is 0 Å². The van der Waals surface area contributed by atoms with Gasteiger partial charge in [0.2, 0.25) is 5.91 Å². The lowest BCUT2D eigenvalue weighted by Crippen LogP contribution is -2.42. The number of carbonyl (C=O) groups is 1. The maximum Gasteiger partial charge on any atom is 0.223 e. The highest BCUT2D eigenvalue weighted by Gasteiger charge is 2.30. The van der Waals surface area contributed by atoms with E-state index in [1.807, 2.05) is 0 Å². The average molecular weight is 226 g/mol. The summed E-state index contributed by atoms with van der Waals surface area (Å²) >= 11 is 0. The molecule has 0 radical (unpaired) electrons. The molecular formula is C13H26N2O. The van der Waals surface area contributed by atoms with Crippen molar-refractivity contribution in [3.05, 3.63) is 0 Å². The van der Waals surface area contributed by atoms with Crippen molar-refractivity contribution >= 4 is 5.91 Å². The summed E-state index contributed by atoms with van der Waals surface area (Å²) in [6.45, 7) is 4.88. The summed E-state index contributed by atoms with van der Waals surface area (Å²) < 4.78 is 0. The lowest BCUT2D eigenvalue weighted by atomic mass is 9.78. The number of hydrogen-bond acceptors (Lipinski definition) is 2. The molecule has 1 fully saturated rings. The SMILES string of the molecule is CCCC(C)NC(=O)C1CCCCC1CN. The molecule has 1 aliphatic rings. The number of hydrogen-bond donors (Lipinski definition) is 2. The number of rotatable bonds is 5. The summed E-state index contributed by atoms with van der Waals surface area (Å²) in [6, 6.07) is 0.304. The molecule has 0 aromatic carbocycles. The van der Waals surface area contributed by atoms with Crippen molar-refractivity contribution in [1.29, 1.82) is 0 Å². The first kappa shape index (κ1) is 13.5. The first-order valence-electron chi connectivity index (χ1n) is 6.69. The van der Waals surface area contributed by atoms with Crippen LogP contribution in [0.3, 0.4) is 0 Å². The minimum Gasteiger partial charge on any atom is -0.353 e. The fourth-order valence-corrected chi connectivity index (χ4v) is 2.69. The van der Waals surface area contributed by atoms with Crippen LogP contribution in [0.25, 0.3) is 0 Å². The van der Waals surface area contributed by atoms with E-state index in [1.165, 1.54) is 12.8 Å². The standard InChI is InChI=1S/C13H26N2O/c1-3-6-10(2)15-13(16)12-8-5-4-7-11(12)9-14/h10-12H,3-9,14H2,1-2H3,(H,15,16). The highest BCUT2D eigenvalue weighted by atomic mass is 16.1. The second-order valence-corrected chi connectivity index (χ2v) is 5.09. The second-order valence-electron chi connectivity index (χ2n) is 5.09. The van der Waals surface area contributed by atoms with Gasteiger partial charge in [-0.2, -0.15) is 0 Å². The molecule has 3 atom stereocenters. The Morgan fingerprint density at radius 2 is 2.12 bits per heavy atom. The van der Waals surface area contributed by atoms with Gasteiger partial charge in [-0.15, -0.1) is 0 Å². The van der Waals surface area contributed by atoms with Gasteiger partial charge in [-0.1, -0.05) is 26.2 Å². The Hall–Kier alpha value is -0.570. The molecule has 16 heavy (non-hydrogen) atoms. The molecule has 3 N–H and O–H groups in total. The van der Waals surface area contributed by atoms with Gasteiger partial charge in [-0.25, -0.2) is 0 Å². The Kier molecular flexibility index (Phi) is 5.81. The molecule has 0 heterocycles. The minimum absolute atomic E-state index is 0.165. The van der Waals surface area contributed by atoms with Gasteiger partial charge in [0.1, 0.15) is 0 Å². The van der Waals surface area contributed by atoms with E-state index in [4.69, 9.17) is 5.73 Å². The molecule has 0 aliphatic heterocycles. The molecule has 0 aromatic heterocycles. The first-order valence-corrected chi connectivity index (χ1v) is 6.69. The summed E-state index contributed by atoms with van der Waals surface area (Å²) in [4.78, 5) is 12.1. The topological polar surface area (TPSA) is 55.1 Å². The predicted molar refractivity (Wildman–Crippen MR) is 67.0 cm³/mol. The Balaban J connectivity index is 2.44. The van der Waals surface area contributed by atoms with Crippen LogP contribution in [0, 0.1) is 11.8 Å². The third-order valence-corrected chi connectivity index (χ3v) is 3.66. The van der Waals surface area contributed by atoms with Crippen LogP contribution >= 0.6 is 0 Å². The summed E-state index contributed by atoms with van der Waals surface area (Å²) in [5.74, 6) is 0.803. The fourth-order valence-electron chi connectivity index (χ4n) is 2.69. The molecule has 1 amide bonds. The largest absolute Gasteiger partial charge is 0.353 e. The van der Waals surface area contributed by atoms with Crippen molar-refractivity contribution in [1.82, 2.24) is 5.32 Å². The molecule has 0 spiro atoms. The molecule has 94 valence electrons. The van der Waals surface area contributed by atoms with Crippen LogP contribution in [0.5, 0.6) is 0 Å². The van der Waals surface area contributed by atoms with E-state index >= 15 is 0 Å². The molecule has 3 heteroatoms. The van der Waals surface area contributed by atoms with Crippen LogP contribution in [0.1, 0.15) is 52.4 Å². The molecule has 0 saturated heterocycles. The Bertz CT molecular complexity index is 218. The van der Waals surface area contributed by atoms with Gasteiger partial charge in [0.05, 0.1) is 0 Å². The molecule has 0 bridgehead atoms. The lowest BCUT2D eigenvalue weighted by Gasteiger charge is -2.30. The average Bonchev–Trinajstić information content (AvgIpc) is 2.29. The Morgan fingerprint density at radius 1 is 1.44 bits per heavy atom. The maximum atomic E-state index is 12.1. The van der Waals surface area contributed by atoms with Crippen LogP contribution in [0.4, 0.5) is 0 Å². The van der Waals surface area contributed by atoms with Crippen molar-refractivity contribution in [3.8, 4) is 0 Å². The number of amides is 1. The van der Waals surface area contributed by atoms with Crippen LogP contribution in [0.15, 0.2) is 0 Å². The second kappa shape index (κ2) is 6.89.